The van der Waals surface area contributed by atoms with Gasteiger partial charge < -0.3 is 4.74 Å². The minimum Gasteiger partial charge on any atom is -0.488 e. The summed E-state index contributed by atoms with van der Waals surface area (Å²) in [4.78, 5) is 53.6. The van der Waals surface area contributed by atoms with Crippen molar-refractivity contribution >= 4 is 23.4 Å². The predicted octanol–water partition coefficient (Wildman–Crippen LogP) is 3.54. The van der Waals surface area contributed by atoms with Crippen molar-refractivity contribution in [1.82, 2.24) is 9.80 Å². The highest BCUT2D eigenvalue weighted by Gasteiger charge is 2.45. The van der Waals surface area contributed by atoms with Crippen LogP contribution in [0.25, 0.3) is 0 Å². The van der Waals surface area contributed by atoms with Crippen molar-refractivity contribution in [3.05, 3.63) is 64.7 Å². The van der Waals surface area contributed by atoms with Gasteiger partial charge in [0.15, 0.2) is 5.78 Å². The fraction of sp³-hybridized carbons (Fsp3) is 0.407. The summed E-state index contributed by atoms with van der Waals surface area (Å²) in [7, 11) is 0. The third-order valence-corrected chi connectivity index (χ3v) is 6.93. The second-order valence-electron chi connectivity index (χ2n) is 9.34. The van der Waals surface area contributed by atoms with Gasteiger partial charge in [0.1, 0.15) is 18.1 Å². The summed E-state index contributed by atoms with van der Waals surface area (Å²) in [5.41, 5.74) is 2.66. The number of amides is 2. The van der Waals surface area contributed by atoms with Crippen LogP contribution >= 0.6 is 0 Å². The zero-order valence-corrected chi connectivity index (χ0v) is 19.1. The Morgan fingerprint density at radius 1 is 0.853 bits per heavy atom. The van der Waals surface area contributed by atoms with E-state index >= 15 is 0 Å². The molecular weight excluding hydrogens is 432 g/mol. The topological polar surface area (TPSA) is 84.0 Å². The number of likely N-dealkylation sites (tertiary alicyclic amines) is 1. The molecule has 0 radical (unpaired) electrons. The van der Waals surface area contributed by atoms with Gasteiger partial charge in [0, 0.05) is 13.0 Å². The van der Waals surface area contributed by atoms with Crippen LogP contribution in [0.1, 0.15) is 70.4 Å². The molecule has 34 heavy (non-hydrogen) atoms. The molecule has 5 rings (SSSR count). The first kappa shape index (κ1) is 22.5. The van der Waals surface area contributed by atoms with E-state index in [2.05, 4.69) is 17.0 Å². The number of hydrogen-bond acceptors (Lipinski definition) is 6. The van der Waals surface area contributed by atoms with E-state index in [1.165, 1.54) is 24.8 Å². The summed E-state index contributed by atoms with van der Waals surface area (Å²) >= 11 is 0. The van der Waals surface area contributed by atoms with Crippen LogP contribution < -0.4 is 4.74 Å². The summed E-state index contributed by atoms with van der Waals surface area (Å²) < 4.78 is 5.97. The number of carbonyl (C=O) groups is 4. The van der Waals surface area contributed by atoms with Crippen LogP contribution in [0, 0.1) is 0 Å². The quantitative estimate of drug-likeness (QED) is 0.484. The minimum atomic E-state index is -0.884. The molecule has 1 aliphatic carbocycles. The largest absolute Gasteiger partial charge is 0.488 e. The van der Waals surface area contributed by atoms with Gasteiger partial charge in [0.2, 0.25) is 0 Å². The van der Waals surface area contributed by atoms with Crippen LogP contribution in [0.3, 0.4) is 0 Å². The molecule has 0 spiro atoms. The molecule has 176 valence electrons. The van der Waals surface area contributed by atoms with E-state index in [0.717, 1.165) is 30.1 Å². The molecule has 0 aromatic heterocycles. The Bertz CT molecular complexity index is 1130. The van der Waals surface area contributed by atoms with Gasteiger partial charge in [0.05, 0.1) is 23.6 Å². The molecule has 0 N–H and O–H groups in total. The van der Waals surface area contributed by atoms with Crippen LogP contribution in [-0.4, -0.2) is 52.3 Å². The molecule has 0 bridgehead atoms. The maximum Gasteiger partial charge on any atom is 0.266 e. The first-order valence-electron chi connectivity index (χ1n) is 12.0. The average Bonchev–Trinajstić information content (AvgIpc) is 3.10. The summed E-state index contributed by atoms with van der Waals surface area (Å²) in [5, 5.41) is 0. The Labute approximate surface area is 198 Å². The van der Waals surface area contributed by atoms with Gasteiger partial charge in [-0.25, -0.2) is 0 Å². The molecule has 2 amide bonds. The number of ketones is 2. The van der Waals surface area contributed by atoms with Gasteiger partial charge in [0.25, 0.3) is 11.8 Å². The predicted molar refractivity (Wildman–Crippen MR) is 124 cm³/mol. The lowest BCUT2D eigenvalue weighted by Crippen LogP contribution is -2.47. The van der Waals surface area contributed by atoms with Gasteiger partial charge in [-0.3, -0.25) is 29.0 Å². The Hall–Kier alpha value is -3.32. The van der Waals surface area contributed by atoms with Gasteiger partial charge in [-0.2, -0.15) is 0 Å². The smallest absolute Gasteiger partial charge is 0.266 e. The molecule has 7 heteroatoms. The van der Waals surface area contributed by atoms with Crippen LogP contribution in [-0.2, 0) is 22.7 Å². The van der Waals surface area contributed by atoms with E-state index < -0.39 is 17.9 Å². The molecule has 1 saturated carbocycles. The highest BCUT2D eigenvalue weighted by atomic mass is 16.5. The first-order valence-corrected chi connectivity index (χ1v) is 12.0. The lowest BCUT2D eigenvalue weighted by Gasteiger charge is -2.27. The Balaban J connectivity index is 1.27. The SMILES string of the molecule is O=C1CCC(N2C(=O)c3cccc(OCc4ccc(CN5CCCCC5)cc4)c3C2=O)C(=O)C1. The fourth-order valence-electron chi connectivity index (χ4n) is 5.09. The van der Waals surface area contributed by atoms with E-state index in [1.54, 1.807) is 18.2 Å². The molecule has 3 aliphatic rings. The minimum absolute atomic E-state index is 0.149. The van der Waals surface area contributed by atoms with Crippen molar-refractivity contribution in [1.29, 1.82) is 0 Å². The van der Waals surface area contributed by atoms with E-state index in [4.69, 9.17) is 4.74 Å². The molecule has 1 saturated heterocycles. The monoisotopic (exact) mass is 460 g/mol. The van der Waals surface area contributed by atoms with Crippen LogP contribution in [0.15, 0.2) is 42.5 Å². The fourth-order valence-corrected chi connectivity index (χ4v) is 5.09. The molecule has 7 nitrogen and oxygen atoms in total. The lowest BCUT2D eigenvalue weighted by atomic mass is 9.92. The van der Waals surface area contributed by atoms with Crippen molar-refractivity contribution < 1.29 is 23.9 Å². The van der Waals surface area contributed by atoms with E-state index in [9.17, 15) is 19.2 Å². The standard InChI is InChI=1S/C27H28N2O5/c30-20-11-12-22(23(31)15-20)29-26(32)21-5-4-6-24(25(21)27(29)33)34-17-19-9-7-18(8-10-19)16-28-13-2-1-3-14-28/h4-10,22H,1-3,11-17H2. The molecule has 2 aromatic rings. The Morgan fingerprint density at radius 3 is 2.32 bits per heavy atom. The van der Waals surface area contributed by atoms with Gasteiger partial charge in [-0.1, -0.05) is 36.8 Å². The van der Waals surface area contributed by atoms with Gasteiger partial charge in [-0.15, -0.1) is 0 Å². The van der Waals surface area contributed by atoms with E-state index in [0.29, 0.717) is 5.75 Å². The maximum atomic E-state index is 13.2. The van der Waals surface area contributed by atoms with Crippen LogP contribution in [0.5, 0.6) is 5.75 Å². The normalized spacial score (nSPS) is 21.2. The molecular formula is C27H28N2O5. The van der Waals surface area contributed by atoms with E-state index in [-0.39, 0.29) is 48.6 Å². The zero-order chi connectivity index (χ0) is 23.7. The number of nitrogens with zero attached hydrogens (tertiary/aromatic N) is 2. The number of fused-ring (bicyclic) bond motifs is 1. The number of carbonyl (C=O) groups excluding carboxylic acids is 4. The number of rotatable bonds is 6. The maximum absolute atomic E-state index is 13.2. The molecule has 2 aromatic carbocycles. The number of hydrogen-bond donors (Lipinski definition) is 0. The number of benzene rings is 2. The van der Waals surface area contributed by atoms with Gasteiger partial charge >= 0.3 is 0 Å². The Kier molecular flexibility index (Phi) is 6.28. The third kappa shape index (κ3) is 4.40. The molecule has 2 heterocycles. The molecule has 2 aliphatic heterocycles. The average molecular weight is 461 g/mol. The second kappa shape index (κ2) is 9.50. The number of Topliss-reactive ketones (excluding diaryl/α,β-unsaturated/α-hetero) is 2. The first-order chi connectivity index (χ1) is 16.5. The van der Waals surface area contributed by atoms with Crippen LogP contribution in [0.4, 0.5) is 0 Å². The molecule has 1 atom stereocenters. The van der Waals surface area contributed by atoms with Crippen molar-refractivity contribution in [2.45, 2.75) is 57.7 Å². The lowest BCUT2D eigenvalue weighted by molar-refractivity contribution is -0.132. The number of imide groups is 1. The second-order valence-corrected chi connectivity index (χ2v) is 9.34. The highest BCUT2D eigenvalue weighted by Crippen LogP contribution is 2.34. The van der Waals surface area contributed by atoms with Crippen molar-refractivity contribution in [3.63, 3.8) is 0 Å². The molecule has 2 fully saturated rings. The van der Waals surface area contributed by atoms with Crippen molar-refractivity contribution in [3.8, 4) is 5.75 Å². The summed E-state index contributed by atoms with van der Waals surface area (Å²) in [5.74, 6) is -1.22. The number of ether oxygens (including phenoxy) is 1. The number of piperidine rings is 1. The molecule has 1 unspecified atom stereocenters. The highest BCUT2D eigenvalue weighted by molar-refractivity contribution is 6.24. The van der Waals surface area contributed by atoms with Crippen molar-refractivity contribution in [2.75, 3.05) is 13.1 Å². The summed E-state index contributed by atoms with van der Waals surface area (Å²) in [6, 6.07) is 12.3. The third-order valence-electron chi connectivity index (χ3n) is 6.93. The summed E-state index contributed by atoms with van der Waals surface area (Å²) in [6.07, 6.45) is 4.00. The zero-order valence-electron chi connectivity index (χ0n) is 19.1. The van der Waals surface area contributed by atoms with Gasteiger partial charge in [-0.05, 0) is 55.6 Å². The van der Waals surface area contributed by atoms with E-state index in [1.807, 2.05) is 12.1 Å². The van der Waals surface area contributed by atoms with Crippen LogP contribution in [0.2, 0.25) is 0 Å². The summed E-state index contributed by atoms with van der Waals surface area (Å²) in [6.45, 7) is 3.51. The van der Waals surface area contributed by atoms with Crippen molar-refractivity contribution in [2.24, 2.45) is 0 Å². The Morgan fingerprint density at radius 2 is 1.59 bits per heavy atom.